The smallest absolute Gasteiger partial charge is 0.346 e. The molecule has 0 bridgehead atoms. The van der Waals surface area contributed by atoms with Crippen molar-refractivity contribution in [2.75, 3.05) is 39.3 Å². The van der Waals surface area contributed by atoms with Crippen molar-refractivity contribution in [2.45, 2.75) is 6.18 Å². The van der Waals surface area contributed by atoms with E-state index in [4.69, 9.17) is 0 Å². The zero-order chi connectivity index (χ0) is 18.6. The van der Waals surface area contributed by atoms with Crippen molar-refractivity contribution in [3.05, 3.63) is 35.4 Å². The van der Waals surface area contributed by atoms with Crippen LogP contribution in [0.15, 0.2) is 18.2 Å². The van der Waals surface area contributed by atoms with Crippen LogP contribution in [0.25, 0.3) is 0 Å². The molecule has 1 aromatic carbocycles. The van der Waals surface area contributed by atoms with Crippen molar-refractivity contribution < 1.29 is 31.5 Å². The van der Waals surface area contributed by atoms with E-state index in [-0.39, 0.29) is 38.3 Å². The van der Waals surface area contributed by atoms with Gasteiger partial charge in [0.25, 0.3) is 5.91 Å². The van der Waals surface area contributed by atoms with Gasteiger partial charge in [-0.05, 0) is 18.2 Å². The van der Waals surface area contributed by atoms with Crippen LogP contribution in [0.2, 0.25) is 0 Å². The number of carbonyl (C=O) groups excluding carboxylic acids is 2. The first-order chi connectivity index (χ1) is 11.7. The molecule has 0 aliphatic carbocycles. The van der Waals surface area contributed by atoms with Crippen molar-refractivity contribution in [3.8, 4) is 0 Å². The molecule has 1 aromatic rings. The summed E-state index contributed by atoms with van der Waals surface area (Å²) in [7, 11) is 0. The summed E-state index contributed by atoms with van der Waals surface area (Å²) >= 11 is 0. The lowest BCUT2D eigenvalue weighted by Gasteiger charge is -2.34. The number of rotatable bonds is 4. The number of nitrogens with zero attached hydrogens (tertiary/aromatic N) is 2. The van der Waals surface area contributed by atoms with Crippen LogP contribution in [0, 0.1) is 11.6 Å². The Morgan fingerprint density at radius 2 is 1.68 bits per heavy atom. The lowest BCUT2D eigenvalue weighted by Crippen LogP contribution is -2.51. The Balaban J connectivity index is 1.81. The maximum absolute atomic E-state index is 13.2. The average molecular weight is 365 g/mol. The number of hydrogen-bond acceptors (Lipinski definition) is 3. The highest BCUT2D eigenvalue weighted by atomic mass is 19.4. The van der Waals surface area contributed by atoms with Gasteiger partial charge in [-0.1, -0.05) is 0 Å². The summed E-state index contributed by atoms with van der Waals surface area (Å²) in [5, 5.41) is 1.78. The summed E-state index contributed by atoms with van der Waals surface area (Å²) in [6.45, 7) is -0.567. The van der Waals surface area contributed by atoms with Crippen molar-refractivity contribution in [2.24, 2.45) is 0 Å². The van der Waals surface area contributed by atoms with E-state index in [2.05, 4.69) is 0 Å². The predicted octanol–water partition coefficient (Wildman–Crippen LogP) is 1.40. The van der Waals surface area contributed by atoms with Gasteiger partial charge >= 0.3 is 6.18 Å². The van der Waals surface area contributed by atoms with Gasteiger partial charge in [0, 0.05) is 31.7 Å². The third kappa shape index (κ3) is 5.66. The SMILES string of the molecule is O=C(CN1CCN(C(=O)c2ccc(F)c(F)c2)CC1)NCC(F)(F)F. The Hall–Kier alpha value is -2.23. The van der Waals surface area contributed by atoms with Gasteiger partial charge in [-0.2, -0.15) is 13.2 Å². The molecule has 1 heterocycles. The van der Waals surface area contributed by atoms with Crippen LogP contribution in [0.1, 0.15) is 10.4 Å². The minimum Gasteiger partial charge on any atom is -0.346 e. The molecule has 0 atom stereocenters. The second-order valence-corrected chi connectivity index (χ2v) is 5.59. The molecule has 1 fully saturated rings. The maximum atomic E-state index is 13.2. The van der Waals surface area contributed by atoms with Gasteiger partial charge < -0.3 is 10.2 Å². The van der Waals surface area contributed by atoms with Crippen LogP contribution in [0.4, 0.5) is 22.0 Å². The van der Waals surface area contributed by atoms with Crippen LogP contribution in [-0.2, 0) is 4.79 Å². The zero-order valence-corrected chi connectivity index (χ0v) is 13.1. The first-order valence-electron chi connectivity index (χ1n) is 7.46. The number of hydrogen-bond donors (Lipinski definition) is 1. The summed E-state index contributed by atoms with van der Waals surface area (Å²) in [5.41, 5.74) is 0.00951. The van der Waals surface area contributed by atoms with E-state index in [1.54, 1.807) is 10.2 Å². The molecule has 25 heavy (non-hydrogen) atoms. The van der Waals surface area contributed by atoms with Gasteiger partial charge in [0.1, 0.15) is 6.54 Å². The minimum absolute atomic E-state index is 0.00951. The van der Waals surface area contributed by atoms with Gasteiger partial charge in [0.2, 0.25) is 5.91 Å². The van der Waals surface area contributed by atoms with Crippen LogP contribution in [-0.4, -0.2) is 67.1 Å². The molecule has 138 valence electrons. The van der Waals surface area contributed by atoms with Gasteiger partial charge in [-0.3, -0.25) is 14.5 Å². The normalized spacial score (nSPS) is 16.0. The third-order valence-corrected chi connectivity index (χ3v) is 3.68. The number of amides is 2. The first-order valence-corrected chi connectivity index (χ1v) is 7.46. The lowest BCUT2D eigenvalue weighted by atomic mass is 10.1. The Labute approximate surface area is 140 Å². The number of piperazine rings is 1. The molecule has 5 nitrogen and oxygen atoms in total. The highest BCUT2D eigenvalue weighted by molar-refractivity contribution is 5.94. The van der Waals surface area contributed by atoms with Crippen LogP contribution >= 0.6 is 0 Å². The van der Waals surface area contributed by atoms with Crippen molar-refractivity contribution >= 4 is 11.8 Å². The van der Waals surface area contributed by atoms with Crippen LogP contribution in [0.5, 0.6) is 0 Å². The summed E-state index contributed by atoms with van der Waals surface area (Å²) in [5.74, 6) is -3.39. The molecular formula is C15H16F5N3O2. The van der Waals surface area contributed by atoms with Gasteiger partial charge in [0.15, 0.2) is 11.6 Å². The largest absolute Gasteiger partial charge is 0.405 e. The zero-order valence-electron chi connectivity index (χ0n) is 13.1. The molecule has 1 aliphatic heterocycles. The standard InChI is InChI=1S/C15H16F5N3O2/c16-11-2-1-10(7-12(11)17)14(25)23-5-3-22(4-6-23)8-13(24)21-9-15(18,19)20/h1-2,7H,3-6,8-9H2,(H,21,24). The Bertz CT molecular complexity index is 643. The molecule has 1 saturated heterocycles. The highest BCUT2D eigenvalue weighted by Gasteiger charge is 2.29. The van der Waals surface area contributed by atoms with Gasteiger partial charge in [0.05, 0.1) is 6.54 Å². The van der Waals surface area contributed by atoms with Gasteiger partial charge in [-0.15, -0.1) is 0 Å². The minimum atomic E-state index is -4.47. The molecule has 1 aliphatic rings. The highest BCUT2D eigenvalue weighted by Crippen LogP contribution is 2.14. The molecule has 0 unspecified atom stereocenters. The van der Waals surface area contributed by atoms with E-state index in [0.29, 0.717) is 0 Å². The molecule has 2 amide bonds. The van der Waals surface area contributed by atoms with E-state index >= 15 is 0 Å². The molecule has 10 heteroatoms. The molecule has 0 aromatic heterocycles. The summed E-state index contributed by atoms with van der Waals surface area (Å²) in [4.78, 5) is 26.7. The monoisotopic (exact) mass is 365 g/mol. The van der Waals surface area contributed by atoms with Crippen molar-refractivity contribution in [1.82, 2.24) is 15.1 Å². The fourth-order valence-electron chi connectivity index (χ4n) is 2.38. The first kappa shape index (κ1) is 19.1. The maximum Gasteiger partial charge on any atom is 0.405 e. The number of alkyl halides is 3. The number of carbonyl (C=O) groups is 2. The summed E-state index contributed by atoms with van der Waals surface area (Å²) < 4.78 is 62.2. The Kier molecular flexibility index (Phi) is 5.93. The van der Waals surface area contributed by atoms with Crippen LogP contribution in [0.3, 0.4) is 0 Å². The molecule has 0 radical (unpaired) electrons. The average Bonchev–Trinajstić information content (AvgIpc) is 2.55. The molecule has 0 saturated carbocycles. The molecule has 0 spiro atoms. The molecule has 2 rings (SSSR count). The number of benzene rings is 1. The van der Waals surface area contributed by atoms with E-state index < -0.39 is 36.2 Å². The van der Waals surface area contributed by atoms with E-state index in [1.807, 2.05) is 0 Å². The van der Waals surface area contributed by atoms with Crippen molar-refractivity contribution in [3.63, 3.8) is 0 Å². The Morgan fingerprint density at radius 3 is 2.24 bits per heavy atom. The molecule has 1 N–H and O–H groups in total. The summed E-state index contributed by atoms with van der Waals surface area (Å²) in [6.07, 6.45) is -4.47. The third-order valence-electron chi connectivity index (χ3n) is 3.68. The van der Waals surface area contributed by atoms with Crippen molar-refractivity contribution in [1.29, 1.82) is 0 Å². The van der Waals surface area contributed by atoms with E-state index in [1.165, 1.54) is 11.0 Å². The van der Waals surface area contributed by atoms with Crippen LogP contribution < -0.4 is 5.32 Å². The quantitative estimate of drug-likeness (QED) is 0.821. The summed E-state index contributed by atoms with van der Waals surface area (Å²) in [6, 6.07) is 2.86. The Morgan fingerprint density at radius 1 is 1.04 bits per heavy atom. The predicted molar refractivity (Wildman–Crippen MR) is 77.8 cm³/mol. The number of nitrogens with one attached hydrogen (secondary N) is 1. The topological polar surface area (TPSA) is 52.7 Å². The second kappa shape index (κ2) is 7.77. The fourth-order valence-corrected chi connectivity index (χ4v) is 2.38. The van der Waals surface area contributed by atoms with E-state index in [0.717, 1.165) is 12.1 Å². The second-order valence-electron chi connectivity index (χ2n) is 5.59. The number of halogens is 5. The van der Waals surface area contributed by atoms with E-state index in [9.17, 15) is 31.5 Å². The van der Waals surface area contributed by atoms with Gasteiger partial charge in [-0.25, -0.2) is 8.78 Å². The molecular weight excluding hydrogens is 349 g/mol. The lowest BCUT2D eigenvalue weighted by molar-refractivity contribution is -0.139. The fraction of sp³-hybridized carbons (Fsp3) is 0.467.